The van der Waals surface area contributed by atoms with Crippen LogP contribution in [0.25, 0.3) is 11.4 Å². The first-order valence-electron chi connectivity index (χ1n) is 9.65. The Morgan fingerprint density at radius 2 is 2.14 bits per heavy atom. The number of nitrogens with zero attached hydrogens (tertiary/aromatic N) is 5. The topological polar surface area (TPSA) is 94.2 Å². The van der Waals surface area contributed by atoms with E-state index in [0.29, 0.717) is 24.7 Å². The maximum Gasteiger partial charge on any atom is 0.227 e. The molecule has 1 aliphatic rings. The Morgan fingerprint density at radius 1 is 1.31 bits per heavy atom. The van der Waals surface area contributed by atoms with Gasteiger partial charge in [0.2, 0.25) is 17.6 Å². The van der Waals surface area contributed by atoms with Crippen molar-refractivity contribution >= 4 is 5.91 Å². The Hall–Kier alpha value is -3.29. The summed E-state index contributed by atoms with van der Waals surface area (Å²) in [7, 11) is 1.63. The van der Waals surface area contributed by atoms with Gasteiger partial charge in [-0.1, -0.05) is 17.3 Å². The molecule has 8 heteroatoms. The molecular formula is C21H23N5O3. The van der Waals surface area contributed by atoms with Crippen LogP contribution in [0.15, 0.2) is 41.3 Å². The van der Waals surface area contributed by atoms with E-state index in [2.05, 4.69) is 20.1 Å². The van der Waals surface area contributed by atoms with E-state index < -0.39 is 0 Å². The van der Waals surface area contributed by atoms with Gasteiger partial charge in [-0.05, 0) is 30.5 Å². The summed E-state index contributed by atoms with van der Waals surface area (Å²) >= 11 is 0. The van der Waals surface area contributed by atoms with Crippen LogP contribution in [-0.2, 0) is 11.2 Å². The summed E-state index contributed by atoms with van der Waals surface area (Å²) < 4.78 is 10.3. The highest BCUT2D eigenvalue weighted by Gasteiger charge is 2.28. The Morgan fingerprint density at radius 3 is 2.86 bits per heavy atom. The van der Waals surface area contributed by atoms with Gasteiger partial charge in [-0.2, -0.15) is 4.98 Å². The number of aryl methyl sites for hydroxylation is 1. The highest BCUT2D eigenvalue weighted by atomic mass is 16.5. The van der Waals surface area contributed by atoms with Crippen LogP contribution in [0, 0.1) is 6.92 Å². The Labute approximate surface area is 168 Å². The molecule has 0 N–H and O–H groups in total. The van der Waals surface area contributed by atoms with E-state index in [0.717, 1.165) is 42.0 Å². The third-order valence-electron chi connectivity index (χ3n) is 5.19. The van der Waals surface area contributed by atoms with Gasteiger partial charge < -0.3 is 14.2 Å². The zero-order valence-corrected chi connectivity index (χ0v) is 16.5. The van der Waals surface area contributed by atoms with Gasteiger partial charge in [0.05, 0.1) is 24.8 Å². The van der Waals surface area contributed by atoms with Gasteiger partial charge in [0.15, 0.2) is 0 Å². The van der Waals surface area contributed by atoms with Gasteiger partial charge in [0, 0.05) is 32.1 Å². The van der Waals surface area contributed by atoms with E-state index in [9.17, 15) is 4.79 Å². The molecule has 3 aromatic rings. The average Bonchev–Trinajstić information content (AvgIpc) is 3.20. The van der Waals surface area contributed by atoms with Crippen LogP contribution in [0.2, 0.25) is 0 Å². The number of hydrogen-bond acceptors (Lipinski definition) is 7. The average molecular weight is 393 g/mol. The molecule has 2 aromatic heterocycles. The standard InChI is InChI=1S/C21H23N5O3/c1-14-24-21(25-29-14)18-11-22-13-23-20(18)16-4-3-9-26(12-16)19(27)10-15-5-7-17(28-2)8-6-15/h5-8,11,13,16H,3-4,9-10,12H2,1-2H3. The number of carbonyl (C=O) groups is 1. The van der Waals surface area contributed by atoms with Crippen molar-refractivity contribution in [2.24, 2.45) is 0 Å². The second-order valence-electron chi connectivity index (χ2n) is 7.16. The number of methoxy groups -OCH3 is 1. The van der Waals surface area contributed by atoms with Gasteiger partial charge in [-0.25, -0.2) is 9.97 Å². The van der Waals surface area contributed by atoms with Crippen LogP contribution in [0.5, 0.6) is 5.75 Å². The first-order chi connectivity index (χ1) is 14.1. The molecule has 0 bridgehead atoms. The molecule has 1 atom stereocenters. The minimum absolute atomic E-state index is 0.111. The van der Waals surface area contributed by atoms with Crippen LogP contribution in [-0.4, -0.2) is 51.1 Å². The van der Waals surface area contributed by atoms with Crippen LogP contribution < -0.4 is 4.74 Å². The van der Waals surface area contributed by atoms with Gasteiger partial charge in [-0.3, -0.25) is 4.79 Å². The molecule has 1 aromatic carbocycles. The maximum atomic E-state index is 12.9. The first-order valence-corrected chi connectivity index (χ1v) is 9.65. The molecule has 150 valence electrons. The van der Waals surface area contributed by atoms with E-state index in [-0.39, 0.29) is 11.8 Å². The Bertz CT molecular complexity index is 986. The van der Waals surface area contributed by atoms with Gasteiger partial charge in [0.1, 0.15) is 12.1 Å². The summed E-state index contributed by atoms with van der Waals surface area (Å²) in [5.41, 5.74) is 2.60. The summed E-state index contributed by atoms with van der Waals surface area (Å²) in [4.78, 5) is 27.7. The zero-order valence-electron chi connectivity index (χ0n) is 16.5. The molecule has 0 radical (unpaired) electrons. The molecular weight excluding hydrogens is 370 g/mol. The van der Waals surface area contributed by atoms with Crippen molar-refractivity contribution in [2.75, 3.05) is 20.2 Å². The predicted octanol–water partition coefficient (Wildman–Crippen LogP) is 2.79. The van der Waals surface area contributed by atoms with E-state index in [1.807, 2.05) is 29.2 Å². The minimum Gasteiger partial charge on any atom is -0.497 e. The van der Waals surface area contributed by atoms with E-state index >= 15 is 0 Å². The van der Waals surface area contributed by atoms with Crippen molar-refractivity contribution in [3.8, 4) is 17.1 Å². The fourth-order valence-electron chi connectivity index (χ4n) is 3.70. The molecule has 0 spiro atoms. The zero-order chi connectivity index (χ0) is 20.2. The van der Waals surface area contributed by atoms with Gasteiger partial charge in [0.25, 0.3) is 0 Å². The molecule has 1 aliphatic heterocycles. The van der Waals surface area contributed by atoms with Crippen molar-refractivity contribution in [1.82, 2.24) is 25.0 Å². The summed E-state index contributed by atoms with van der Waals surface area (Å²) in [6, 6.07) is 7.61. The third-order valence-corrected chi connectivity index (χ3v) is 5.19. The molecule has 8 nitrogen and oxygen atoms in total. The largest absolute Gasteiger partial charge is 0.497 e. The van der Waals surface area contributed by atoms with Crippen LogP contribution in [0.3, 0.4) is 0 Å². The highest BCUT2D eigenvalue weighted by Crippen LogP contribution is 2.31. The SMILES string of the molecule is COc1ccc(CC(=O)N2CCCC(c3ncncc3-c3noc(C)n3)C2)cc1. The normalized spacial score (nSPS) is 16.6. The smallest absolute Gasteiger partial charge is 0.227 e. The fraction of sp³-hybridized carbons (Fsp3) is 0.381. The molecule has 29 heavy (non-hydrogen) atoms. The summed E-state index contributed by atoms with van der Waals surface area (Å²) in [6.07, 6.45) is 5.49. The van der Waals surface area contributed by atoms with Crippen molar-refractivity contribution < 1.29 is 14.1 Å². The second kappa shape index (κ2) is 8.38. The Kier molecular flexibility index (Phi) is 5.50. The molecule has 4 rings (SSSR count). The lowest BCUT2D eigenvalue weighted by Crippen LogP contribution is -2.40. The molecule has 1 unspecified atom stereocenters. The monoisotopic (exact) mass is 393 g/mol. The maximum absolute atomic E-state index is 12.9. The van der Waals surface area contributed by atoms with E-state index in [1.54, 1.807) is 20.2 Å². The lowest BCUT2D eigenvalue weighted by molar-refractivity contribution is -0.131. The number of benzene rings is 1. The van der Waals surface area contributed by atoms with Gasteiger partial charge >= 0.3 is 0 Å². The molecule has 1 amide bonds. The van der Waals surface area contributed by atoms with E-state index in [1.165, 1.54) is 6.33 Å². The van der Waals surface area contributed by atoms with Crippen LogP contribution >= 0.6 is 0 Å². The number of aromatic nitrogens is 4. The quantitative estimate of drug-likeness (QED) is 0.658. The lowest BCUT2D eigenvalue weighted by atomic mass is 9.91. The summed E-state index contributed by atoms with van der Waals surface area (Å²) in [5, 5.41) is 4.01. The third kappa shape index (κ3) is 4.26. The minimum atomic E-state index is 0.111. The van der Waals surface area contributed by atoms with Crippen molar-refractivity contribution in [3.63, 3.8) is 0 Å². The van der Waals surface area contributed by atoms with E-state index in [4.69, 9.17) is 9.26 Å². The number of piperidine rings is 1. The number of amides is 1. The molecule has 3 heterocycles. The van der Waals surface area contributed by atoms with Crippen molar-refractivity contribution in [2.45, 2.75) is 32.1 Å². The predicted molar refractivity (Wildman–Crippen MR) is 105 cm³/mol. The number of ether oxygens (including phenoxy) is 1. The number of rotatable bonds is 5. The highest BCUT2D eigenvalue weighted by molar-refractivity contribution is 5.79. The fourth-order valence-corrected chi connectivity index (χ4v) is 3.70. The Balaban J connectivity index is 1.49. The van der Waals surface area contributed by atoms with Crippen LogP contribution in [0.4, 0.5) is 0 Å². The lowest BCUT2D eigenvalue weighted by Gasteiger charge is -2.33. The summed E-state index contributed by atoms with van der Waals surface area (Å²) in [5.74, 6) is 1.99. The molecule has 0 saturated carbocycles. The van der Waals surface area contributed by atoms with Gasteiger partial charge in [-0.15, -0.1) is 0 Å². The van der Waals surface area contributed by atoms with Crippen molar-refractivity contribution in [1.29, 1.82) is 0 Å². The second-order valence-corrected chi connectivity index (χ2v) is 7.16. The number of hydrogen-bond donors (Lipinski definition) is 0. The number of carbonyl (C=O) groups excluding carboxylic acids is 1. The van der Waals surface area contributed by atoms with Crippen molar-refractivity contribution in [3.05, 3.63) is 53.9 Å². The van der Waals surface area contributed by atoms with Crippen LogP contribution in [0.1, 0.15) is 35.9 Å². The first kappa shape index (κ1) is 19.0. The molecule has 0 aliphatic carbocycles. The molecule has 1 saturated heterocycles. The summed E-state index contributed by atoms with van der Waals surface area (Å²) in [6.45, 7) is 3.13. The molecule has 1 fully saturated rings. The number of likely N-dealkylation sites (tertiary alicyclic amines) is 1.